The molecule has 104 valence electrons. The Balaban J connectivity index is 1.61. The molecular weight excluding hydrogens is 236 g/mol. The summed E-state index contributed by atoms with van der Waals surface area (Å²) in [4.78, 5) is 2.39. The fourth-order valence-electron chi connectivity index (χ4n) is 3.14. The first-order chi connectivity index (χ1) is 9.02. The zero-order valence-corrected chi connectivity index (χ0v) is 12.2. The van der Waals surface area contributed by atoms with Crippen LogP contribution in [0.4, 0.5) is 0 Å². The van der Waals surface area contributed by atoms with Crippen LogP contribution < -0.4 is 10.1 Å². The maximum atomic E-state index is 5.91. The van der Waals surface area contributed by atoms with E-state index in [4.69, 9.17) is 4.74 Å². The Kier molecular flexibility index (Phi) is 3.27. The Bertz CT molecular complexity index is 470. The van der Waals surface area contributed by atoms with Gasteiger partial charge in [-0.25, -0.2) is 0 Å². The van der Waals surface area contributed by atoms with E-state index in [1.165, 1.54) is 30.6 Å². The van der Waals surface area contributed by atoms with Gasteiger partial charge in [-0.1, -0.05) is 12.1 Å². The molecule has 0 spiro atoms. The van der Waals surface area contributed by atoms with Crippen molar-refractivity contribution in [2.45, 2.75) is 44.9 Å². The molecule has 0 bridgehead atoms. The lowest BCUT2D eigenvalue weighted by Crippen LogP contribution is -2.30. The highest BCUT2D eigenvalue weighted by molar-refractivity contribution is 5.41. The Morgan fingerprint density at radius 3 is 3.00 bits per heavy atom. The molecule has 2 aliphatic heterocycles. The molecule has 1 atom stereocenters. The molecule has 3 nitrogen and oxygen atoms in total. The smallest absolute Gasteiger partial charge is 0.123 e. The number of benzene rings is 1. The summed E-state index contributed by atoms with van der Waals surface area (Å²) in [5.74, 6) is 1.06. The average Bonchev–Trinajstić information content (AvgIpc) is 2.87. The van der Waals surface area contributed by atoms with E-state index in [0.717, 1.165) is 18.7 Å². The molecule has 0 amide bonds. The molecule has 3 heteroatoms. The summed E-state index contributed by atoms with van der Waals surface area (Å²) < 4.78 is 5.91. The summed E-state index contributed by atoms with van der Waals surface area (Å²) in [5, 5.41) is 3.66. The predicted octanol–water partition coefficient (Wildman–Crippen LogP) is 2.19. The first kappa shape index (κ1) is 12.9. The van der Waals surface area contributed by atoms with Gasteiger partial charge in [0, 0.05) is 25.6 Å². The van der Waals surface area contributed by atoms with E-state index in [1.807, 2.05) is 0 Å². The second-order valence-electron chi connectivity index (χ2n) is 6.61. The molecule has 2 aliphatic rings. The largest absolute Gasteiger partial charge is 0.487 e. The highest BCUT2D eigenvalue weighted by Gasteiger charge is 2.29. The van der Waals surface area contributed by atoms with Gasteiger partial charge in [0.25, 0.3) is 0 Å². The highest BCUT2D eigenvalue weighted by Crippen LogP contribution is 2.35. The third-order valence-electron chi connectivity index (χ3n) is 4.11. The number of hydrogen-bond donors (Lipinski definition) is 1. The maximum absolute atomic E-state index is 5.91. The Morgan fingerprint density at radius 2 is 2.26 bits per heavy atom. The molecule has 0 radical (unpaired) electrons. The van der Waals surface area contributed by atoms with Crippen molar-refractivity contribution in [2.75, 3.05) is 20.1 Å². The second kappa shape index (κ2) is 4.80. The summed E-state index contributed by atoms with van der Waals surface area (Å²) >= 11 is 0. The van der Waals surface area contributed by atoms with Gasteiger partial charge in [0.05, 0.1) is 0 Å². The SMILES string of the molecule is CN1CCC(NCc2ccc3c(c2)CC(C)(C)O3)C1. The molecule has 1 unspecified atom stereocenters. The highest BCUT2D eigenvalue weighted by atomic mass is 16.5. The van der Waals surface area contributed by atoms with Gasteiger partial charge < -0.3 is 15.0 Å². The van der Waals surface area contributed by atoms with E-state index in [0.29, 0.717) is 6.04 Å². The summed E-state index contributed by atoms with van der Waals surface area (Å²) in [6.45, 7) is 7.65. The van der Waals surface area contributed by atoms with Gasteiger partial charge in [0.15, 0.2) is 0 Å². The van der Waals surface area contributed by atoms with E-state index in [-0.39, 0.29) is 5.60 Å². The minimum Gasteiger partial charge on any atom is -0.487 e. The number of rotatable bonds is 3. The van der Waals surface area contributed by atoms with E-state index >= 15 is 0 Å². The molecule has 1 aromatic rings. The number of nitrogens with one attached hydrogen (secondary N) is 1. The first-order valence-electron chi connectivity index (χ1n) is 7.25. The number of fused-ring (bicyclic) bond motifs is 1. The molecule has 19 heavy (non-hydrogen) atoms. The molecule has 0 aliphatic carbocycles. The Hall–Kier alpha value is -1.06. The lowest BCUT2D eigenvalue weighted by Gasteiger charge is -2.16. The molecular formula is C16H24N2O. The topological polar surface area (TPSA) is 24.5 Å². The molecule has 3 rings (SSSR count). The van der Waals surface area contributed by atoms with Crippen LogP contribution >= 0.6 is 0 Å². The quantitative estimate of drug-likeness (QED) is 0.901. The molecule has 0 saturated carbocycles. The third-order valence-corrected chi connectivity index (χ3v) is 4.11. The second-order valence-corrected chi connectivity index (χ2v) is 6.61. The summed E-state index contributed by atoms with van der Waals surface area (Å²) in [6, 6.07) is 7.26. The fraction of sp³-hybridized carbons (Fsp3) is 0.625. The minimum atomic E-state index is -0.0391. The normalized spacial score (nSPS) is 25.3. The van der Waals surface area contributed by atoms with Gasteiger partial charge >= 0.3 is 0 Å². The van der Waals surface area contributed by atoms with E-state index in [1.54, 1.807) is 0 Å². The van der Waals surface area contributed by atoms with Gasteiger partial charge in [-0.15, -0.1) is 0 Å². The van der Waals surface area contributed by atoms with Crippen LogP contribution in [0.5, 0.6) is 5.75 Å². The van der Waals surface area contributed by atoms with Gasteiger partial charge in [-0.05, 0) is 51.1 Å². The van der Waals surface area contributed by atoms with Crippen LogP contribution in [0.15, 0.2) is 18.2 Å². The molecule has 1 fully saturated rings. The van der Waals surface area contributed by atoms with Crippen LogP contribution in [0.2, 0.25) is 0 Å². The number of hydrogen-bond acceptors (Lipinski definition) is 3. The zero-order chi connectivity index (χ0) is 13.5. The summed E-state index contributed by atoms with van der Waals surface area (Å²) in [5.41, 5.74) is 2.69. The van der Waals surface area contributed by atoms with Gasteiger partial charge in [-0.3, -0.25) is 0 Å². The monoisotopic (exact) mass is 260 g/mol. The third kappa shape index (κ3) is 2.93. The fourth-order valence-corrected chi connectivity index (χ4v) is 3.14. The van der Waals surface area contributed by atoms with E-state index in [9.17, 15) is 0 Å². The standard InChI is InChI=1S/C16H24N2O/c1-16(2)9-13-8-12(4-5-15(13)19-16)10-17-14-6-7-18(3)11-14/h4-5,8,14,17H,6-7,9-11H2,1-3H3. The van der Waals surface area contributed by atoms with Crippen molar-refractivity contribution < 1.29 is 4.74 Å². The van der Waals surface area contributed by atoms with E-state index < -0.39 is 0 Å². The van der Waals surface area contributed by atoms with Crippen LogP contribution in [0.25, 0.3) is 0 Å². The van der Waals surface area contributed by atoms with Crippen molar-refractivity contribution in [1.82, 2.24) is 10.2 Å². The number of likely N-dealkylation sites (N-methyl/N-ethyl adjacent to an activating group) is 1. The predicted molar refractivity (Wildman–Crippen MR) is 77.6 cm³/mol. The Morgan fingerprint density at radius 1 is 1.42 bits per heavy atom. The van der Waals surface area contributed by atoms with Crippen LogP contribution in [-0.2, 0) is 13.0 Å². The average molecular weight is 260 g/mol. The van der Waals surface area contributed by atoms with Crippen LogP contribution in [0, 0.1) is 0 Å². The molecule has 1 saturated heterocycles. The first-order valence-corrected chi connectivity index (χ1v) is 7.25. The van der Waals surface area contributed by atoms with Crippen LogP contribution in [-0.4, -0.2) is 36.7 Å². The van der Waals surface area contributed by atoms with Gasteiger partial charge in [-0.2, -0.15) is 0 Å². The number of likely N-dealkylation sites (tertiary alicyclic amines) is 1. The molecule has 1 aromatic carbocycles. The van der Waals surface area contributed by atoms with Crippen LogP contribution in [0.1, 0.15) is 31.4 Å². The van der Waals surface area contributed by atoms with Crippen molar-refractivity contribution >= 4 is 0 Å². The van der Waals surface area contributed by atoms with Crippen molar-refractivity contribution in [3.63, 3.8) is 0 Å². The molecule has 1 N–H and O–H groups in total. The van der Waals surface area contributed by atoms with Crippen LogP contribution in [0.3, 0.4) is 0 Å². The van der Waals surface area contributed by atoms with E-state index in [2.05, 4.69) is 49.3 Å². The van der Waals surface area contributed by atoms with Gasteiger partial charge in [0.1, 0.15) is 11.4 Å². The number of ether oxygens (including phenoxy) is 1. The lowest BCUT2D eigenvalue weighted by molar-refractivity contribution is 0.138. The van der Waals surface area contributed by atoms with Crippen molar-refractivity contribution in [2.24, 2.45) is 0 Å². The zero-order valence-electron chi connectivity index (χ0n) is 12.2. The molecule has 0 aromatic heterocycles. The summed E-state index contributed by atoms with van der Waals surface area (Å²) in [7, 11) is 2.19. The maximum Gasteiger partial charge on any atom is 0.123 e. The summed E-state index contributed by atoms with van der Waals surface area (Å²) in [6.07, 6.45) is 2.28. The van der Waals surface area contributed by atoms with Crippen molar-refractivity contribution in [3.8, 4) is 5.75 Å². The van der Waals surface area contributed by atoms with Gasteiger partial charge in [0.2, 0.25) is 0 Å². The molecule has 2 heterocycles. The minimum absolute atomic E-state index is 0.0391. The van der Waals surface area contributed by atoms with Crippen molar-refractivity contribution in [1.29, 1.82) is 0 Å². The lowest BCUT2D eigenvalue weighted by atomic mass is 10.00. The van der Waals surface area contributed by atoms with Crippen molar-refractivity contribution in [3.05, 3.63) is 29.3 Å². The number of nitrogens with zero attached hydrogens (tertiary/aromatic N) is 1. The Labute approximate surface area is 115 Å².